The molecule has 2 rings (SSSR count). The summed E-state index contributed by atoms with van der Waals surface area (Å²) in [7, 11) is 0. The van der Waals surface area contributed by atoms with E-state index in [1.165, 1.54) is 24.1 Å². The topological polar surface area (TPSA) is 47.0 Å². The van der Waals surface area contributed by atoms with Gasteiger partial charge in [-0.05, 0) is 43.3 Å². The Kier molecular flexibility index (Phi) is 5.52. The fourth-order valence-electron chi connectivity index (χ4n) is 2.79. The molecule has 1 atom stereocenters. The summed E-state index contributed by atoms with van der Waals surface area (Å²) < 4.78 is 9.68. The van der Waals surface area contributed by atoms with Gasteiger partial charge in [-0.1, -0.05) is 32.2 Å². The Labute approximate surface area is 126 Å². The SMILES string of the molecule is CCNC(CC1CCOCC1)c1snnc1C(C)(C)C. The molecule has 114 valence electrons. The lowest BCUT2D eigenvalue weighted by Crippen LogP contribution is -2.28. The maximum atomic E-state index is 5.47. The van der Waals surface area contributed by atoms with E-state index in [1.807, 2.05) is 0 Å². The molecule has 0 aliphatic carbocycles. The molecule has 0 bridgehead atoms. The lowest BCUT2D eigenvalue weighted by atomic mass is 9.86. The molecular weight excluding hydrogens is 270 g/mol. The van der Waals surface area contributed by atoms with Gasteiger partial charge >= 0.3 is 0 Å². The molecule has 1 aliphatic heterocycles. The highest BCUT2D eigenvalue weighted by molar-refractivity contribution is 7.05. The molecule has 20 heavy (non-hydrogen) atoms. The van der Waals surface area contributed by atoms with Crippen molar-refractivity contribution in [2.75, 3.05) is 19.8 Å². The quantitative estimate of drug-likeness (QED) is 0.906. The molecule has 1 aromatic heterocycles. The van der Waals surface area contributed by atoms with E-state index in [-0.39, 0.29) is 5.41 Å². The van der Waals surface area contributed by atoms with E-state index in [0.717, 1.165) is 31.4 Å². The van der Waals surface area contributed by atoms with E-state index >= 15 is 0 Å². The molecule has 1 aliphatic rings. The molecule has 1 saturated heterocycles. The molecule has 2 heterocycles. The second-order valence-electron chi connectivity index (χ2n) is 6.64. The Hall–Kier alpha value is -0.520. The van der Waals surface area contributed by atoms with Gasteiger partial charge in [0.05, 0.1) is 10.6 Å². The Morgan fingerprint density at radius 2 is 2.05 bits per heavy atom. The van der Waals surface area contributed by atoms with E-state index in [2.05, 4.69) is 42.6 Å². The van der Waals surface area contributed by atoms with Crippen LogP contribution in [-0.4, -0.2) is 29.3 Å². The lowest BCUT2D eigenvalue weighted by molar-refractivity contribution is 0.0606. The van der Waals surface area contributed by atoms with Crippen molar-refractivity contribution in [3.05, 3.63) is 10.6 Å². The van der Waals surface area contributed by atoms with Gasteiger partial charge in [-0.25, -0.2) is 0 Å². The van der Waals surface area contributed by atoms with Crippen LogP contribution in [0.25, 0.3) is 0 Å². The summed E-state index contributed by atoms with van der Waals surface area (Å²) in [6.45, 7) is 11.6. The minimum Gasteiger partial charge on any atom is -0.381 e. The molecule has 1 aromatic rings. The van der Waals surface area contributed by atoms with Crippen LogP contribution in [0.1, 0.15) is 63.6 Å². The second kappa shape index (κ2) is 6.96. The van der Waals surface area contributed by atoms with Gasteiger partial charge in [0.1, 0.15) is 0 Å². The molecule has 5 heteroatoms. The molecule has 0 radical (unpaired) electrons. The Balaban J connectivity index is 2.13. The van der Waals surface area contributed by atoms with Crippen LogP contribution < -0.4 is 5.32 Å². The predicted molar refractivity (Wildman–Crippen MR) is 83.2 cm³/mol. The van der Waals surface area contributed by atoms with Crippen LogP contribution in [0.2, 0.25) is 0 Å². The van der Waals surface area contributed by atoms with Crippen molar-refractivity contribution >= 4 is 11.5 Å². The fraction of sp³-hybridized carbons (Fsp3) is 0.867. The molecule has 1 unspecified atom stereocenters. The third-order valence-electron chi connectivity index (χ3n) is 3.90. The van der Waals surface area contributed by atoms with Gasteiger partial charge in [0.25, 0.3) is 0 Å². The molecule has 0 spiro atoms. The standard InChI is InChI=1S/C15H27N3OS/c1-5-16-12(10-11-6-8-19-9-7-11)13-14(15(2,3)4)17-18-20-13/h11-12,16H,5-10H2,1-4H3. The Morgan fingerprint density at radius 1 is 1.35 bits per heavy atom. The monoisotopic (exact) mass is 297 g/mol. The zero-order valence-corrected chi connectivity index (χ0v) is 13.9. The van der Waals surface area contributed by atoms with Crippen LogP contribution in [0.3, 0.4) is 0 Å². The van der Waals surface area contributed by atoms with Crippen molar-refractivity contribution in [2.24, 2.45) is 5.92 Å². The lowest BCUT2D eigenvalue weighted by Gasteiger charge is -2.28. The molecule has 0 amide bonds. The van der Waals surface area contributed by atoms with Crippen molar-refractivity contribution in [1.82, 2.24) is 14.9 Å². The van der Waals surface area contributed by atoms with E-state index in [4.69, 9.17) is 4.74 Å². The second-order valence-corrected chi connectivity index (χ2v) is 7.42. The first-order chi connectivity index (χ1) is 9.52. The summed E-state index contributed by atoms with van der Waals surface area (Å²) in [5.41, 5.74) is 1.21. The van der Waals surface area contributed by atoms with Gasteiger partial charge in [0.2, 0.25) is 0 Å². The Bertz CT molecular complexity index is 407. The van der Waals surface area contributed by atoms with Gasteiger partial charge in [0.15, 0.2) is 0 Å². The summed E-state index contributed by atoms with van der Waals surface area (Å²) in [6.07, 6.45) is 3.53. The molecule has 0 saturated carbocycles. The number of rotatable bonds is 5. The summed E-state index contributed by atoms with van der Waals surface area (Å²) in [5, 5.41) is 8.02. The van der Waals surface area contributed by atoms with Crippen LogP contribution in [0, 0.1) is 5.92 Å². The van der Waals surface area contributed by atoms with Crippen LogP contribution >= 0.6 is 11.5 Å². The smallest absolute Gasteiger partial charge is 0.0857 e. The van der Waals surface area contributed by atoms with E-state index in [0.29, 0.717) is 6.04 Å². The van der Waals surface area contributed by atoms with Crippen LogP contribution in [-0.2, 0) is 10.2 Å². The number of nitrogens with zero attached hydrogens (tertiary/aromatic N) is 2. The zero-order valence-electron chi connectivity index (χ0n) is 13.1. The van der Waals surface area contributed by atoms with Crippen LogP contribution in [0.15, 0.2) is 0 Å². The van der Waals surface area contributed by atoms with E-state index < -0.39 is 0 Å². The highest BCUT2D eigenvalue weighted by atomic mass is 32.1. The minimum absolute atomic E-state index is 0.0612. The highest BCUT2D eigenvalue weighted by Crippen LogP contribution is 2.35. The summed E-state index contributed by atoms with van der Waals surface area (Å²) in [4.78, 5) is 1.32. The van der Waals surface area contributed by atoms with Gasteiger partial charge in [-0.15, -0.1) is 5.10 Å². The van der Waals surface area contributed by atoms with Crippen LogP contribution in [0.4, 0.5) is 0 Å². The zero-order chi connectivity index (χ0) is 14.6. The molecule has 0 aromatic carbocycles. The summed E-state index contributed by atoms with van der Waals surface area (Å²) >= 11 is 1.56. The number of nitrogens with one attached hydrogen (secondary N) is 1. The third kappa shape index (κ3) is 3.99. The summed E-state index contributed by atoms with van der Waals surface area (Å²) in [5.74, 6) is 0.753. The van der Waals surface area contributed by atoms with Crippen LogP contribution in [0.5, 0.6) is 0 Å². The first-order valence-corrected chi connectivity index (χ1v) is 8.43. The van der Waals surface area contributed by atoms with E-state index in [9.17, 15) is 0 Å². The number of hydrogen-bond donors (Lipinski definition) is 1. The largest absolute Gasteiger partial charge is 0.381 e. The van der Waals surface area contributed by atoms with Gasteiger partial charge < -0.3 is 10.1 Å². The number of ether oxygens (including phenoxy) is 1. The van der Waals surface area contributed by atoms with Gasteiger partial charge in [0, 0.05) is 24.7 Å². The average Bonchev–Trinajstić information content (AvgIpc) is 2.88. The number of aromatic nitrogens is 2. The van der Waals surface area contributed by atoms with Crippen molar-refractivity contribution in [2.45, 2.75) is 58.4 Å². The van der Waals surface area contributed by atoms with Crippen molar-refractivity contribution in [1.29, 1.82) is 0 Å². The predicted octanol–water partition coefficient (Wildman–Crippen LogP) is 3.30. The van der Waals surface area contributed by atoms with Gasteiger partial charge in [-0.3, -0.25) is 0 Å². The first-order valence-electron chi connectivity index (χ1n) is 7.66. The van der Waals surface area contributed by atoms with Crippen molar-refractivity contribution in [3.63, 3.8) is 0 Å². The molecular formula is C15H27N3OS. The highest BCUT2D eigenvalue weighted by Gasteiger charge is 2.29. The molecule has 1 fully saturated rings. The third-order valence-corrected chi connectivity index (χ3v) is 4.74. The van der Waals surface area contributed by atoms with E-state index in [1.54, 1.807) is 11.5 Å². The average molecular weight is 297 g/mol. The maximum Gasteiger partial charge on any atom is 0.0857 e. The summed E-state index contributed by atoms with van der Waals surface area (Å²) in [6, 6.07) is 0.386. The minimum atomic E-state index is 0.0612. The fourth-order valence-corrected chi connectivity index (χ4v) is 3.74. The number of hydrogen-bond acceptors (Lipinski definition) is 5. The molecule has 4 nitrogen and oxygen atoms in total. The molecule has 1 N–H and O–H groups in total. The maximum absolute atomic E-state index is 5.47. The van der Waals surface area contributed by atoms with Gasteiger partial charge in [-0.2, -0.15) is 0 Å². The van der Waals surface area contributed by atoms with Crippen molar-refractivity contribution in [3.8, 4) is 0 Å². The van der Waals surface area contributed by atoms with Crippen molar-refractivity contribution < 1.29 is 4.74 Å². The Morgan fingerprint density at radius 3 is 2.65 bits per heavy atom. The normalized spacial score (nSPS) is 19.2. The first kappa shape index (κ1) is 15.9.